The quantitative estimate of drug-likeness (QED) is 0.169. The highest BCUT2D eigenvalue weighted by atomic mass is 32.2. The van der Waals surface area contributed by atoms with Gasteiger partial charge in [0.25, 0.3) is 0 Å². The number of hydrogen-bond donors (Lipinski definition) is 0. The summed E-state index contributed by atoms with van der Waals surface area (Å²) in [6.07, 6.45) is 2.01. The average Bonchev–Trinajstić information content (AvgIpc) is 3.90. The molecule has 0 aliphatic carbocycles. The standard InChI is InChI=1S/C40H31N3O3S2Si/c1-19-7-11-23(12-8-19)42-28-15-21(3)41-18-27(28)35-31(42)33-36(48-35)25-16-30-26(17-29(25)45-33)38-34(46-30)32-39(49(38,5)6)37-40(44-22(4)47-37)43(32)24-13-9-20(2)10-14-24/h7-18,22H,1-6H3. The second-order valence-corrected chi connectivity index (χ2v) is 20.7. The SMILES string of the molecule is Cc1ccc(-n2c3c(c4c2-c2oc5cc6c(cc5c2[Si]4(C)C)oc2c6sc4c5cnc(C)cc5n(-c5ccc(C)cc5)c24)SC(C)O3)cc1. The number of rotatable bonds is 2. The van der Waals surface area contributed by atoms with Gasteiger partial charge in [-0.3, -0.25) is 9.55 Å². The van der Waals surface area contributed by atoms with Gasteiger partial charge in [0, 0.05) is 44.6 Å². The van der Waals surface area contributed by atoms with Gasteiger partial charge < -0.3 is 18.1 Å². The van der Waals surface area contributed by atoms with Crippen molar-refractivity contribution in [2.24, 2.45) is 0 Å². The van der Waals surface area contributed by atoms with Crippen molar-refractivity contribution in [1.29, 1.82) is 0 Å². The van der Waals surface area contributed by atoms with Gasteiger partial charge >= 0.3 is 0 Å². The van der Waals surface area contributed by atoms with E-state index in [1.807, 2.05) is 18.0 Å². The van der Waals surface area contributed by atoms with E-state index in [0.29, 0.717) is 0 Å². The number of thiophene rings is 1. The summed E-state index contributed by atoms with van der Waals surface area (Å²) in [5, 5.41) is 6.15. The lowest BCUT2D eigenvalue weighted by Crippen LogP contribution is -2.49. The minimum Gasteiger partial charge on any atom is -0.463 e. The number of pyridine rings is 1. The molecule has 0 fully saturated rings. The normalized spacial score (nSPS) is 16.4. The maximum absolute atomic E-state index is 6.99. The van der Waals surface area contributed by atoms with Gasteiger partial charge in [0.2, 0.25) is 5.88 Å². The van der Waals surface area contributed by atoms with Crippen LogP contribution in [0.2, 0.25) is 13.1 Å². The molecule has 9 heteroatoms. The zero-order valence-electron chi connectivity index (χ0n) is 27.9. The summed E-state index contributed by atoms with van der Waals surface area (Å²) in [7, 11) is -2.21. The lowest BCUT2D eigenvalue weighted by molar-refractivity contribution is 0.297. The molecular weight excluding hydrogens is 663 g/mol. The molecule has 1 atom stereocenters. The number of aryl methyl sites for hydroxylation is 3. The second-order valence-electron chi connectivity index (χ2n) is 14.2. The Balaban J connectivity index is 1.18. The maximum atomic E-state index is 6.99. The number of furan rings is 2. The van der Waals surface area contributed by atoms with Crippen molar-refractivity contribution in [3.8, 4) is 28.7 Å². The third-order valence-corrected chi connectivity index (χ3v) is 16.4. The van der Waals surface area contributed by atoms with Crippen LogP contribution in [0.15, 0.2) is 86.7 Å². The number of hydrogen-bond acceptors (Lipinski definition) is 6. The van der Waals surface area contributed by atoms with E-state index in [1.165, 1.54) is 31.1 Å². The summed E-state index contributed by atoms with van der Waals surface area (Å²) in [6.45, 7) is 13.4. The van der Waals surface area contributed by atoms with Crippen LogP contribution < -0.4 is 15.1 Å². The van der Waals surface area contributed by atoms with Crippen LogP contribution >= 0.6 is 23.1 Å². The van der Waals surface area contributed by atoms with E-state index in [4.69, 9.17) is 18.6 Å². The molecule has 8 heterocycles. The van der Waals surface area contributed by atoms with Crippen molar-refractivity contribution in [3.05, 3.63) is 89.7 Å². The van der Waals surface area contributed by atoms with Crippen LogP contribution in [0, 0.1) is 20.8 Å². The summed E-state index contributed by atoms with van der Waals surface area (Å²) in [5.74, 6) is 1.93. The predicted molar refractivity (Wildman–Crippen MR) is 205 cm³/mol. The molecule has 0 N–H and O–H groups in total. The predicted octanol–water partition coefficient (Wildman–Crippen LogP) is 10.2. The van der Waals surface area contributed by atoms with Gasteiger partial charge in [-0.05, 0) is 75.3 Å². The zero-order valence-corrected chi connectivity index (χ0v) is 30.5. The van der Waals surface area contributed by atoms with Gasteiger partial charge in [-0.25, -0.2) is 0 Å². The molecule has 0 amide bonds. The molecule has 0 saturated heterocycles. The third kappa shape index (κ3) is 3.55. The molecule has 0 spiro atoms. The highest BCUT2D eigenvalue weighted by molar-refractivity contribution is 8.00. The summed E-state index contributed by atoms with van der Waals surface area (Å²) in [5.41, 5.74) is 11.9. The van der Waals surface area contributed by atoms with Crippen molar-refractivity contribution in [2.45, 2.75) is 51.1 Å². The molecule has 2 aliphatic rings. The summed E-state index contributed by atoms with van der Waals surface area (Å²) in [6, 6.07) is 24.1. The first kappa shape index (κ1) is 28.2. The molecule has 0 bridgehead atoms. The molecule has 0 saturated carbocycles. The topological polar surface area (TPSA) is 58.3 Å². The first-order chi connectivity index (χ1) is 23.7. The van der Waals surface area contributed by atoms with Gasteiger partial charge in [0.15, 0.2) is 11.3 Å². The number of benzene rings is 3. The number of nitrogens with zero attached hydrogens (tertiary/aromatic N) is 3. The Labute approximate surface area is 290 Å². The molecule has 2 aliphatic heterocycles. The molecule has 49 heavy (non-hydrogen) atoms. The Bertz CT molecular complexity index is 2900. The molecule has 11 rings (SSSR count). The van der Waals surface area contributed by atoms with Crippen molar-refractivity contribution >= 4 is 94.9 Å². The van der Waals surface area contributed by atoms with Crippen LogP contribution in [0.3, 0.4) is 0 Å². The van der Waals surface area contributed by atoms with E-state index in [1.54, 1.807) is 11.3 Å². The number of thioether (sulfide) groups is 1. The molecule has 0 radical (unpaired) electrons. The Hall–Kier alpha value is -4.70. The monoisotopic (exact) mass is 693 g/mol. The largest absolute Gasteiger partial charge is 0.463 e. The lowest BCUT2D eigenvalue weighted by Gasteiger charge is -2.17. The maximum Gasteiger partial charge on any atom is 0.214 e. The third-order valence-electron chi connectivity index (χ3n) is 10.5. The van der Waals surface area contributed by atoms with Gasteiger partial charge in [-0.2, -0.15) is 0 Å². The smallest absolute Gasteiger partial charge is 0.214 e. The van der Waals surface area contributed by atoms with Crippen LogP contribution in [-0.2, 0) is 0 Å². The summed E-state index contributed by atoms with van der Waals surface area (Å²) in [4.78, 5) is 5.96. The van der Waals surface area contributed by atoms with E-state index in [2.05, 4.69) is 117 Å². The summed E-state index contributed by atoms with van der Waals surface area (Å²) >= 11 is 3.62. The van der Waals surface area contributed by atoms with Crippen molar-refractivity contribution in [2.75, 3.05) is 0 Å². The fraction of sp³-hybridized carbons (Fsp3) is 0.175. The van der Waals surface area contributed by atoms with Crippen LogP contribution in [0.4, 0.5) is 0 Å². The Morgan fingerprint density at radius 1 is 0.755 bits per heavy atom. The van der Waals surface area contributed by atoms with E-state index in [-0.39, 0.29) is 5.44 Å². The number of fused-ring (bicyclic) bond motifs is 14. The highest BCUT2D eigenvalue weighted by Crippen LogP contribution is 2.51. The van der Waals surface area contributed by atoms with Crippen molar-refractivity contribution < 1.29 is 13.6 Å². The van der Waals surface area contributed by atoms with E-state index in [0.717, 1.165) is 83.0 Å². The minimum atomic E-state index is -2.21. The second kappa shape index (κ2) is 9.29. The molecule has 240 valence electrons. The molecule has 9 aromatic rings. The Morgan fingerprint density at radius 2 is 1.43 bits per heavy atom. The van der Waals surface area contributed by atoms with E-state index in [9.17, 15) is 0 Å². The molecule has 6 aromatic heterocycles. The average molecular weight is 694 g/mol. The van der Waals surface area contributed by atoms with Crippen LogP contribution in [0.25, 0.3) is 76.2 Å². The molecular formula is C40H31N3O3S2Si. The first-order valence-electron chi connectivity index (χ1n) is 16.7. The fourth-order valence-corrected chi connectivity index (χ4v) is 14.8. The van der Waals surface area contributed by atoms with Gasteiger partial charge in [-0.15, -0.1) is 11.3 Å². The van der Waals surface area contributed by atoms with E-state index >= 15 is 0 Å². The molecule has 1 unspecified atom stereocenters. The van der Waals surface area contributed by atoms with Gasteiger partial charge in [0.1, 0.15) is 30.2 Å². The highest BCUT2D eigenvalue weighted by Gasteiger charge is 2.50. The van der Waals surface area contributed by atoms with Crippen molar-refractivity contribution in [3.63, 3.8) is 0 Å². The molecule has 3 aromatic carbocycles. The Kier molecular flexibility index (Phi) is 5.34. The minimum absolute atomic E-state index is 0.0724. The van der Waals surface area contributed by atoms with Crippen LogP contribution in [-0.4, -0.2) is 27.6 Å². The van der Waals surface area contributed by atoms with Crippen LogP contribution in [0.1, 0.15) is 23.7 Å². The lowest BCUT2D eigenvalue weighted by atomic mass is 10.2. The molecule has 6 nitrogen and oxygen atoms in total. The Morgan fingerprint density at radius 3 is 2.16 bits per heavy atom. The first-order valence-corrected chi connectivity index (χ1v) is 21.4. The number of ether oxygens (including phenoxy) is 1. The van der Waals surface area contributed by atoms with Gasteiger partial charge in [-0.1, -0.05) is 60.2 Å². The van der Waals surface area contributed by atoms with E-state index < -0.39 is 8.07 Å². The number of aromatic nitrogens is 3. The van der Waals surface area contributed by atoms with Crippen LogP contribution in [0.5, 0.6) is 5.88 Å². The fourth-order valence-electron chi connectivity index (χ4n) is 8.29. The van der Waals surface area contributed by atoms with Gasteiger partial charge in [0.05, 0.1) is 25.5 Å². The van der Waals surface area contributed by atoms with Crippen molar-refractivity contribution in [1.82, 2.24) is 14.1 Å². The summed E-state index contributed by atoms with van der Waals surface area (Å²) < 4.78 is 27.4. The zero-order chi connectivity index (χ0) is 33.1.